The van der Waals surface area contributed by atoms with Gasteiger partial charge in [0.2, 0.25) is 0 Å². The van der Waals surface area contributed by atoms with Crippen LogP contribution in [0.5, 0.6) is 0 Å². The highest BCUT2D eigenvalue weighted by Crippen LogP contribution is 2.61. The normalized spacial score (nSPS) is 33.2. The van der Waals surface area contributed by atoms with Crippen LogP contribution < -0.4 is 5.32 Å². The molecule has 1 amide bonds. The molecule has 2 aromatic rings. The predicted octanol–water partition coefficient (Wildman–Crippen LogP) is 3.60. The summed E-state index contributed by atoms with van der Waals surface area (Å²) in [5.74, 6) is 3.47. The van der Waals surface area contributed by atoms with E-state index in [0.717, 1.165) is 23.6 Å². The Kier molecular flexibility index (Phi) is 3.66. The minimum Gasteiger partial charge on any atom is -0.349 e. The smallest absolute Gasteiger partial charge is 0.253 e. The number of nitrogens with zero attached hydrogens (tertiary/aromatic N) is 3. The van der Waals surface area contributed by atoms with Crippen molar-refractivity contribution in [2.45, 2.75) is 51.5 Å². The van der Waals surface area contributed by atoms with Crippen LogP contribution in [0.1, 0.15) is 55.8 Å². The second-order valence-electron chi connectivity index (χ2n) is 8.85. The second kappa shape index (κ2) is 5.93. The van der Waals surface area contributed by atoms with Crippen LogP contribution >= 0.6 is 0 Å². The Morgan fingerprint density at radius 1 is 1.19 bits per heavy atom. The summed E-state index contributed by atoms with van der Waals surface area (Å²) >= 11 is 0. The van der Waals surface area contributed by atoms with Crippen LogP contribution in [0.2, 0.25) is 0 Å². The number of pyridine rings is 1. The molecule has 1 atom stereocenters. The molecule has 4 aliphatic rings. The maximum Gasteiger partial charge on any atom is 0.253 e. The van der Waals surface area contributed by atoms with Crippen molar-refractivity contribution in [1.82, 2.24) is 19.9 Å². The van der Waals surface area contributed by atoms with Crippen LogP contribution in [0.4, 0.5) is 0 Å². The van der Waals surface area contributed by atoms with Gasteiger partial charge in [-0.3, -0.25) is 9.36 Å². The Hall–Kier alpha value is -2.17. The molecular formula is C21H26N4O. The monoisotopic (exact) mass is 350 g/mol. The Balaban J connectivity index is 1.29. The molecule has 1 N–H and O–H groups in total. The molecule has 0 spiro atoms. The van der Waals surface area contributed by atoms with Gasteiger partial charge in [-0.25, -0.2) is 9.97 Å². The molecule has 2 aromatic heterocycles. The number of amides is 1. The van der Waals surface area contributed by atoms with Gasteiger partial charge < -0.3 is 5.32 Å². The van der Waals surface area contributed by atoms with Crippen molar-refractivity contribution in [2.75, 3.05) is 0 Å². The third-order valence-corrected chi connectivity index (χ3v) is 7.13. The van der Waals surface area contributed by atoms with Gasteiger partial charge in [-0.05, 0) is 80.8 Å². The molecule has 26 heavy (non-hydrogen) atoms. The van der Waals surface area contributed by atoms with Gasteiger partial charge >= 0.3 is 0 Å². The van der Waals surface area contributed by atoms with E-state index < -0.39 is 0 Å². The average molecular weight is 350 g/mol. The van der Waals surface area contributed by atoms with E-state index in [9.17, 15) is 4.79 Å². The SMILES string of the molecule is CC(NC(=O)c1ccc(-n2ccnc2)nc1)C12CC3CC(CC(C3)C1)C2. The molecule has 0 aromatic carbocycles. The lowest BCUT2D eigenvalue weighted by molar-refractivity contribution is -0.0688. The number of nitrogens with one attached hydrogen (secondary N) is 1. The minimum atomic E-state index is -0.00192. The van der Waals surface area contributed by atoms with Gasteiger partial charge in [0.15, 0.2) is 0 Å². The topological polar surface area (TPSA) is 59.8 Å². The fourth-order valence-electron chi connectivity index (χ4n) is 6.21. The molecule has 4 fully saturated rings. The van der Waals surface area contributed by atoms with Gasteiger partial charge in [0.05, 0.1) is 5.56 Å². The quantitative estimate of drug-likeness (QED) is 0.916. The number of carbonyl (C=O) groups excluding carboxylic acids is 1. The summed E-state index contributed by atoms with van der Waals surface area (Å²) in [4.78, 5) is 21.2. The molecule has 4 bridgehead atoms. The Labute approximate surface area is 154 Å². The molecule has 6 rings (SSSR count). The zero-order valence-corrected chi connectivity index (χ0v) is 15.3. The van der Waals surface area contributed by atoms with Gasteiger partial charge in [-0.1, -0.05) is 0 Å². The third-order valence-electron chi connectivity index (χ3n) is 7.13. The number of rotatable bonds is 4. The highest BCUT2D eigenvalue weighted by atomic mass is 16.1. The molecule has 4 aliphatic carbocycles. The van der Waals surface area contributed by atoms with Crippen molar-refractivity contribution in [3.05, 3.63) is 42.6 Å². The summed E-state index contributed by atoms with van der Waals surface area (Å²) in [7, 11) is 0. The third kappa shape index (κ3) is 2.65. The van der Waals surface area contributed by atoms with Crippen molar-refractivity contribution in [1.29, 1.82) is 0 Å². The molecule has 4 saturated carbocycles. The van der Waals surface area contributed by atoms with Crippen LogP contribution in [0.15, 0.2) is 37.1 Å². The van der Waals surface area contributed by atoms with Crippen molar-refractivity contribution in [2.24, 2.45) is 23.2 Å². The standard InChI is InChI=1S/C21H26N4O/c1-14(21-9-15-6-16(10-21)8-17(7-15)11-21)24-20(26)18-2-3-19(23-12-18)25-5-4-22-13-25/h2-5,12-17H,6-11H2,1H3,(H,24,26). The lowest BCUT2D eigenvalue weighted by Gasteiger charge is -2.59. The Bertz CT molecular complexity index is 761. The summed E-state index contributed by atoms with van der Waals surface area (Å²) < 4.78 is 1.83. The van der Waals surface area contributed by atoms with Gasteiger partial charge in [0.25, 0.3) is 5.91 Å². The van der Waals surface area contributed by atoms with E-state index in [4.69, 9.17) is 0 Å². The lowest BCUT2D eigenvalue weighted by atomic mass is 9.48. The second-order valence-corrected chi connectivity index (χ2v) is 8.85. The molecule has 5 nitrogen and oxygen atoms in total. The van der Waals surface area contributed by atoms with E-state index in [0.29, 0.717) is 11.0 Å². The molecule has 0 aliphatic heterocycles. The molecule has 1 unspecified atom stereocenters. The number of carbonyl (C=O) groups is 1. The van der Waals surface area contributed by atoms with Crippen LogP contribution in [0, 0.1) is 23.2 Å². The summed E-state index contributed by atoms with van der Waals surface area (Å²) in [6.45, 7) is 2.22. The summed E-state index contributed by atoms with van der Waals surface area (Å²) in [5, 5.41) is 3.31. The molecule has 0 saturated heterocycles. The van der Waals surface area contributed by atoms with E-state index >= 15 is 0 Å². The molecular weight excluding hydrogens is 324 g/mol. The number of hydrogen-bond acceptors (Lipinski definition) is 3. The van der Waals surface area contributed by atoms with Crippen LogP contribution in [0.25, 0.3) is 5.82 Å². The van der Waals surface area contributed by atoms with E-state index in [-0.39, 0.29) is 11.9 Å². The van der Waals surface area contributed by atoms with Crippen molar-refractivity contribution in [3.63, 3.8) is 0 Å². The van der Waals surface area contributed by atoms with Crippen molar-refractivity contribution in [3.8, 4) is 5.82 Å². The highest BCUT2D eigenvalue weighted by Gasteiger charge is 2.53. The first-order chi connectivity index (χ1) is 12.6. The van der Waals surface area contributed by atoms with Crippen molar-refractivity contribution < 1.29 is 4.79 Å². The summed E-state index contributed by atoms with van der Waals surface area (Å²) in [6.07, 6.45) is 15.1. The molecule has 0 radical (unpaired) electrons. The zero-order valence-electron chi connectivity index (χ0n) is 15.3. The maximum absolute atomic E-state index is 12.8. The maximum atomic E-state index is 12.8. The van der Waals surface area contributed by atoms with Crippen LogP contribution in [-0.4, -0.2) is 26.5 Å². The lowest BCUT2D eigenvalue weighted by Crippen LogP contribution is -2.55. The Morgan fingerprint density at radius 2 is 1.88 bits per heavy atom. The van der Waals surface area contributed by atoms with Gasteiger partial charge in [0.1, 0.15) is 12.1 Å². The van der Waals surface area contributed by atoms with Gasteiger partial charge in [-0.2, -0.15) is 0 Å². The molecule has 2 heterocycles. The highest BCUT2D eigenvalue weighted by molar-refractivity contribution is 5.94. The van der Waals surface area contributed by atoms with E-state index in [1.807, 2.05) is 22.9 Å². The van der Waals surface area contributed by atoms with Crippen molar-refractivity contribution >= 4 is 5.91 Å². The Morgan fingerprint density at radius 3 is 2.42 bits per heavy atom. The van der Waals surface area contributed by atoms with Crippen LogP contribution in [0.3, 0.4) is 0 Å². The predicted molar refractivity (Wildman–Crippen MR) is 98.9 cm³/mol. The average Bonchev–Trinajstić information content (AvgIpc) is 3.15. The largest absolute Gasteiger partial charge is 0.349 e. The molecule has 136 valence electrons. The van der Waals surface area contributed by atoms with Crippen LogP contribution in [-0.2, 0) is 0 Å². The fourth-order valence-corrected chi connectivity index (χ4v) is 6.21. The minimum absolute atomic E-state index is 0.00192. The molecule has 5 heteroatoms. The first-order valence-corrected chi connectivity index (χ1v) is 9.86. The zero-order chi connectivity index (χ0) is 17.7. The number of hydrogen-bond donors (Lipinski definition) is 1. The summed E-state index contributed by atoms with van der Waals surface area (Å²) in [5.41, 5.74) is 0.958. The van der Waals surface area contributed by atoms with E-state index in [2.05, 4.69) is 22.2 Å². The van der Waals surface area contributed by atoms with E-state index in [1.165, 1.54) is 38.5 Å². The fraction of sp³-hybridized carbons (Fsp3) is 0.571. The number of imidazole rings is 1. The van der Waals surface area contributed by atoms with Gasteiger partial charge in [-0.15, -0.1) is 0 Å². The first-order valence-electron chi connectivity index (χ1n) is 9.86. The van der Waals surface area contributed by atoms with Gasteiger partial charge in [0, 0.05) is 24.6 Å². The number of aromatic nitrogens is 3. The summed E-state index contributed by atoms with van der Waals surface area (Å²) in [6, 6.07) is 3.95. The van der Waals surface area contributed by atoms with E-state index in [1.54, 1.807) is 18.7 Å². The first kappa shape index (κ1) is 16.0.